The number of amides is 1. The second kappa shape index (κ2) is 12.3. The number of carbonyl (C=O) groups is 1. The number of halogens is 1. The van der Waals surface area contributed by atoms with Crippen molar-refractivity contribution in [1.29, 1.82) is 0 Å². The molecular formula is C25H30ClN5O3. The van der Waals surface area contributed by atoms with Gasteiger partial charge in [0.15, 0.2) is 6.23 Å². The van der Waals surface area contributed by atoms with Gasteiger partial charge in [-0.25, -0.2) is 0 Å². The molecule has 1 amide bonds. The number of hydrogen-bond donors (Lipinski definition) is 2. The number of nitrogens with zero attached hydrogens (tertiary/aromatic N) is 3. The van der Waals surface area contributed by atoms with Crippen LogP contribution in [0.4, 0.5) is 0 Å². The van der Waals surface area contributed by atoms with Gasteiger partial charge in [-0.3, -0.25) is 19.8 Å². The molecule has 0 spiro atoms. The van der Waals surface area contributed by atoms with E-state index in [2.05, 4.69) is 20.7 Å². The molecule has 3 aromatic rings. The fraction of sp³-hybridized carbons (Fsp3) is 0.320. The Morgan fingerprint density at radius 2 is 2.09 bits per heavy atom. The van der Waals surface area contributed by atoms with Crippen molar-refractivity contribution in [3.8, 4) is 5.75 Å². The smallest absolute Gasteiger partial charge is 0.251 e. The molecule has 34 heavy (non-hydrogen) atoms. The largest absolute Gasteiger partial charge is 0.497 e. The van der Waals surface area contributed by atoms with Crippen LogP contribution in [-0.4, -0.2) is 47.5 Å². The van der Waals surface area contributed by atoms with Gasteiger partial charge in [-0.2, -0.15) is 5.10 Å². The summed E-state index contributed by atoms with van der Waals surface area (Å²) in [5.74, 6) is 0.532. The van der Waals surface area contributed by atoms with E-state index in [1.54, 1.807) is 44.8 Å². The number of pyridine rings is 1. The summed E-state index contributed by atoms with van der Waals surface area (Å²) in [6.45, 7) is 5.16. The molecule has 9 heteroatoms. The predicted molar refractivity (Wildman–Crippen MR) is 133 cm³/mol. The maximum Gasteiger partial charge on any atom is 0.251 e. The lowest BCUT2D eigenvalue weighted by Crippen LogP contribution is -2.31. The summed E-state index contributed by atoms with van der Waals surface area (Å²) in [5, 5.41) is 11.2. The molecular weight excluding hydrogens is 454 g/mol. The SMILES string of the molecule is CCNC(OC)c1cc(C(=O)N[C@@H](C)/C=C/c2cnn(Cc3ccc(OC)cc3Cl)c2)ccn1. The second-order valence-electron chi connectivity index (χ2n) is 7.69. The maximum atomic E-state index is 12.7. The third kappa shape index (κ3) is 6.90. The lowest BCUT2D eigenvalue weighted by molar-refractivity contribution is 0.0718. The number of benzene rings is 1. The van der Waals surface area contributed by atoms with Crippen molar-refractivity contribution in [2.75, 3.05) is 20.8 Å². The van der Waals surface area contributed by atoms with E-state index in [9.17, 15) is 4.79 Å². The molecule has 0 fully saturated rings. The molecule has 1 unspecified atom stereocenters. The Hall–Kier alpha value is -3.20. The summed E-state index contributed by atoms with van der Waals surface area (Å²) in [7, 11) is 3.21. The molecule has 180 valence electrons. The highest BCUT2D eigenvalue weighted by atomic mass is 35.5. The molecule has 2 aromatic heterocycles. The minimum Gasteiger partial charge on any atom is -0.497 e. The lowest BCUT2D eigenvalue weighted by atomic mass is 10.1. The number of nitrogens with one attached hydrogen (secondary N) is 2. The van der Waals surface area contributed by atoms with E-state index >= 15 is 0 Å². The molecule has 8 nitrogen and oxygen atoms in total. The fourth-order valence-electron chi connectivity index (χ4n) is 3.33. The van der Waals surface area contributed by atoms with Gasteiger partial charge >= 0.3 is 0 Å². The quantitative estimate of drug-likeness (QED) is 0.399. The molecule has 0 aliphatic rings. The van der Waals surface area contributed by atoms with E-state index < -0.39 is 0 Å². The van der Waals surface area contributed by atoms with Crippen molar-refractivity contribution in [1.82, 2.24) is 25.4 Å². The van der Waals surface area contributed by atoms with Crippen LogP contribution in [0.15, 0.2) is 55.0 Å². The van der Waals surface area contributed by atoms with Crippen molar-refractivity contribution in [2.24, 2.45) is 0 Å². The van der Waals surface area contributed by atoms with Gasteiger partial charge in [0, 0.05) is 41.7 Å². The molecule has 2 N–H and O–H groups in total. The fourth-order valence-corrected chi connectivity index (χ4v) is 3.56. The second-order valence-corrected chi connectivity index (χ2v) is 8.10. The Balaban J connectivity index is 1.59. The first kappa shape index (κ1) is 25.4. The number of rotatable bonds is 11. The minimum atomic E-state index is -0.362. The summed E-state index contributed by atoms with van der Waals surface area (Å²) in [4.78, 5) is 17.0. The van der Waals surface area contributed by atoms with E-state index in [-0.39, 0.29) is 18.2 Å². The third-order valence-corrected chi connectivity index (χ3v) is 5.47. The number of hydrogen-bond acceptors (Lipinski definition) is 6. The molecule has 0 aliphatic heterocycles. The van der Waals surface area contributed by atoms with Crippen LogP contribution in [0.1, 0.15) is 47.3 Å². The maximum absolute atomic E-state index is 12.7. The first-order valence-corrected chi connectivity index (χ1v) is 11.4. The highest BCUT2D eigenvalue weighted by molar-refractivity contribution is 6.31. The van der Waals surface area contributed by atoms with Gasteiger partial charge in [-0.1, -0.05) is 36.7 Å². The Kier molecular flexibility index (Phi) is 9.21. The number of aromatic nitrogens is 3. The van der Waals surface area contributed by atoms with Crippen LogP contribution < -0.4 is 15.4 Å². The molecule has 1 aromatic carbocycles. The molecule has 0 aliphatic carbocycles. The van der Waals surface area contributed by atoms with Gasteiger partial charge in [-0.05, 0) is 43.3 Å². The summed E-state index contributed by atoms with van der Waals surface area (Å²) < 4.78 is 12.4. The first-order chi connectivity index (χ1) is 16.4. The summed E-state index contributed by atoms with van der Waals surface area (Å²) >= 11 is 6.33. The van der Waals surface area contributed by atoms with Gasteiger partial charge in [-0.15, -0.1) is 0 Å². The van der Waals surface area contributed by atoms with Crippen LogP contribution >= 0.6 is 11.6 Å². The van der Waals surface area contributed by atoms with Gasteiger partial charge in [0.1, 0.15) is 5.75 Å². The molecule has 0 radical (unpaired) electrons. The van der Waals surface area contributed by atoms with Crippen LogP contribution in [0.25, 0.3) is 6.08 Å². The Labute approximate surface area is 204 Å². The summed E-state index contributed by atoms with van der Waals surface area (Å²) in [6.07, 6.45) is 8.78. The standard InChI is InChI=1S/C25H30ClN5O3/c1-5-27-25(34-4)23-12-19(10-11-28-23)24(32)30-17(2)6-7-18-14-29-31(15-18)16-20-8-9-21(33-3)13-22(20)26/h6-15,17,25,27H,5,16H2,1-4H3,(H,30,32)/b7-6+/t17-,25?/m0/s1. The molecule has 0 bridgehead atoms. The monoisotopic (exact) mass is 483 g/mol. The van der Waals surface area contributed by atoms with Crippen LogP contribution in [0, 0.1) is 0 Å². The van der Waals surface area contributed by atoms with Crippen LogP contribution in [0.3, 0.4) is 0 Å². The van der Waals surface area contributed by atoms with E-state index in [1.807, 2.05) is 49.0 Å². The van der Waals surface area contributed by atoms with E-state index in [0.29, 0.717) is 28.6 Å². The van der Waals surface area contributed by atoms with E-state index in [0.717, 1.165) is 17.7 Å². The predicted octanol–water partition coefficient (Wildman–Crippen LogP) is 4.07. The molecule has 2 heterocycles. The number of ether oxygens (including phenoxy) is 2. The average molecular weight is 484 g/mol. The zero-order chi connectivity index (χ0) is 24.5. The number of carbonyl (C=O) groups excluding carboxylic acids is 1. The van der Waals surface area contributed by atoms with Gasteiger partial charge < -0.3 is 14.8 Å². The van der Waals surface area contributed by atoms with Gasteiger partial charge in [0.25, 0.3) is 5.91 Å². The summed E-state index contributed by atoms with van der Waals surface area (Å²) in [6, 6.07) is 8.81. The zero-order valence-corrected chi connectivity index (χ0v) is 20.5. The van der Waals surface area contributed by atoms with Crippen LogP contribution in [0.2, 0.25) is 5.02 Å². The molecule has 3 rings (SSSR count). The van der Waals surface area contributed by atoms with E-state index in [4.69, 9.17) is 21.1 Å². The summed E-state index contributed by atoms with van der Waals surface area (Å²) in [5.41, 5.74) is 3.05. The van der Waals surface area contributed by atoms with Gasteiger partial charge in [0.2, 0.25) is 0 Å². The van der Waals surface area contributed by atoms with Crippen molar-refractivity contribution in [2.45, 2.75) is 32.7 Å². The van der Waals surface area contributed by atoms with Crippen LogP contribution in [0.5, 0.6) is 5.75 Å². The highest BCUT2D eigenvalue weighted by Crippen LogP contribution is 2.23. The average Bonchev–Trinajstić information content (AvgIpc) is 3.30. The Morgan fingerprint density at radius 3 is 2.79 bits per heavy atom. The molecule has 0 saturated carbocycles. The van der Waals surface area contributed by atoms with Crippen molar-refractivity contribution in [3.05, 3.63) is 82.4 Å². The lowest BCUT2D eigenvalue weighted by Gasteiger charge is -2.16. The van der Waals surface area contributed by atoms with E-state index in [1.165, 1.54) is 0 Å². The van der Waals surface area contributed by atoms with Crippen molar-refractivity contribution < 1.29 is 14.3 Å². The van der Waals surface area contributed by atoms with Gasteiger partial charge in [0.05, 0.1) is 25.5 Å². The Morgan fingerprint density at radius 1 is 1.26 bits per heavy atom. The first-order valence-electron chi connectivity index (χ1n) is 11.0. The zero-order valence-electron chi connectivity index (χ0n) is 19.8. The molecule has 2 atom stereocenters. The minimum absolute atomic E-state index is 0.183. The number of methoxy groups -OCH3 is 2. The molecule has 0 saturated heterocycles. The topological polar surface area (TPSA) is 90.3 Å². The normalized spacial score (nSPS) is 13.1. The Bertz CT molecular complexity index is 1130. The van der Waals surface area contributed by atoms with Crippen LogP contribution in [-0.2, 0) is 11.3 Å². The highest BCUT2D eigenvalue weighted by Gasteiger charge is 2.14. The third-order valence-electron chi connectivity index (χ3n) is 5.12. The van der Waals surface area contributed by atoms with Crippen molar-refractivity contribution >= 4 is 23.6 Å². The van der Waals surface area contributed by atoms with Crippen molar-refractivity contribution in [3.63, 3.8) is 0 Å².